The number of halogens is 1. The van der Waals surface area contributed by atoms with Gasteiger partial charge in [-0.25, -0.2) is 9.37 Å². The van der Waals surface area contributed by atoms with Crippen molar-refractivity contribution in [3.05, 3.63) is 54.1 Å². The lowest BCUT2D eigenvalue weighted by molar-refractivity contribution is 0.0144. The van der Waals surface area contributed by atoms with E-state index < -0.39 is 0 Å². The second-order valence-electron chi connectivity index (χ2n) is 9.90. The Hall–Kier alpha value is -3.03. The minimum absolute atomic E-state index is 0.187. The Balaban J connectivity index is 1.45. The first kappa shape index (κ1) is 20.4. The Morgan fingerprint density at radius 2 is 1.88 bits per heavy atom. The number of pyridine rings is 1. The lowest BCUT2D eigenvalue weighted by Crippen LogP contribution is -2.44. The molecular formula is C27H27FN4O2. The summed E-state index contributed by atoms with van der Waals surface area (Å²) in [6.07, 6.45) is 4.93. The van der Waals surface area contributed by atoms with Crippen molar-refractivity contribution in [3.8, 4) is 17.0 Å². The summed E-state index contributed by atoms with van der Waals surface area (Å²) in [5.41, 5.74) is 4.02. The molecule has 34 heavy (non-hydrogen) atoms. The van der Waals surface area contributed by atoms with Crippen LogP contribution in [-0.2, 0) is 4.74 Å². The van der Waals surface area contributed by atoms with Crippen LogP contribution >= 0.6 is 0 Å². The summed E-state index contributed by atoms with van der Waals surface area (Å²) < 4.78 is 26.2. The van der Waals surface area contributed by atoms with Crippen LogP contribution in [0.5, 0.6) is 5.88 Å². The van der Waals surface area contributed by atoms with E-state index in [1.165, 1.54) is 12.1 Å². The van der Waals surface area contributed by atoms with Gasteiger partial charge in [0.05, 0.1) is 17.4 Å². The molecule has 4 heterocycles. The minimum atomic E-state index is -0.240. The average molecular weight is 459 g/mol. The van der Waals surface area contributed by atoms with Crippen LogP contribution in [0.15, 0.2) is 42.6 Å². The molecule has 0 radical (unpaired) electrons. The first-order chi connectivity index (χ1) is 16.7. The van der Waals surface area contributed by atoms with Gasteiger partial charge in [-0.3, -0.25) is 5.10 Å². The number of aromatic nitrogens is 3. The highest BCUT2D eigenvalue weighted by Crippen LogP contribution is 2.45. The Morgan fingerprint density at radius 1 is 1.03 bits per heavy atom. The number of nitrogens with one attached hydrogen (secondary N) is 2. The van der Waals surface area contributed by atoms with Gasteiger partial charge in [0.1, 0.15) is 11.9 Å². The number of fused-ring (bicyclic) bond motifs is 3. The van der Waals surface area contributed by atoms with Crippen molar-refractivity contribution >= 4 is 21.7 Å². The SMILES string of the molecule is Fc1ccc(-c2c(C3CCOCC3)nc(OC3CC4CNCC43)c3cc4[nH]ncc4cc23)cc1. The zero-order valence-electron chi connectivity index (χ0n) is 18.9. The van der Waals surface area contributed by atoms with Gasteiger partial charge in [-0.15, -0.1) is 0 Å². The van der Waals surface area contributed by atoms with Crippen molar-refractivity contribution in [2.45, 2.75) is 31.3 Å². The molecule has 3 fully saturated rings. The fourth-order valence-corrected chi connectivity index (χ4v) is 6.02. The first-order valence-corrected chi connectivity index (χ1v) is 12.3. The van der Waals surface area contributed by atoms with Crippen LogP contribution in [0.4, 0.5) is 4.39 Å². The number of nitrogens with zero attached hydrogens (tertiary/aromatic N) is 2. The maximum absolute atomic E-state index is 13.8. The molecule has 2 aromatic heterocycles. The second-order valence-corrected chi connectivity index (χ2v) is 9.90. The molecule has 0 amide bonds. The van der Waals surface area contributed by atoms with E-state index in [-0.39, 0.29) is 17.8 Å². The van der Waals surface area contributed by atoms with E-state index in [4.69, 9.17) is 14.5 Å². The minimum Gasteiger partial charge on any atom is -0.474 e. The number of rotatable bonds is 4. The highest BCUT2D eigenvalue weighted by atomic mass is 19.1. The van der Waals surface area contributed by atoms with Crippen molar-refractivity contribution in [1.82, 2.24) is 20.5 Å². The van der Waals surface area contributed by atoms with Crippen LogP contribution in [0.1, 0.15) is 30.9 Å². The monoisotopic (exact) mass is 458 g/mol. The fraction of sp³-hybridized carbons (Fsp3) is 0.407. The Morgan fingerprint density at radius 3 is 2.71 bits per heavy atom. The number of H-pyrrole nitrogens is 1. The maximum Gasteiger partial charge on any atom is 0.221 e. The van der Waals surface area contributed by atoms with Gasteiger partial charge in [-0.2, -0.15) is 5.10 Å². The van der Waals surface area contributed by atoms with E-state index in [0.29, 0.717) is 17.7 Å². The first-order valence-electron chi connectivity index (χ1n) is 12.3. The van der Waals surface area contributed by atoms with Crippen molar-refractivity contribution in [3.63, 3.8) is 0 Å². The maximum atomic E-state index is 13.8. The van der Waals surface area contributed by atoms with Crippen molar-refractivity contribution in [1.29, 1.82) is 0 Å². The third kappa shape index (κ3) is 3.29. The molecule has 3 atom stereocenters. The largest absolute Gasteiger partial charge is 0.474 e. The Bertz CT molecular complexity index is 1360. The molecule has 174 valence electrons. The van der Waals surface area contributed by atoms with Gasteiger partial charge in [0.25, 0.3) is 0 Å². The predicted octanol–water partition coefficient (Wildman–Crippen LogP) is 4.80. The Labute approximate surface area is 196 Å². The number of aromatic amines is 1. The van der Waals surface area contributed by atoms with Crippen LogP contribution < -0.4 is 10.1 Å². The molecule has 0 bridgehead atoms. The number of ether oxygens (including phenoxy) is 2. The summed E-state index contributed by atoms with van der Waals surface area (Å²) in [5, 5.41) is 13.9. The van der Waals surface area contributed by atoms with Crippen LogP contribution in [0.3, 0.4) is 0 Å². The quantitative estimate of drug-likeness (QED) is 0.460. The molecule has 0 spiro atoms. The summed E-state index contributed by atoms with van der Waals surface area (Å²) in [7, 11) is 0. The Kier molecular flexibility index (Phi) is 4.81. The zero-order chi connectivity index (χ0) is 22.6. The molecule has 4 aromatic rings. The highest BCUT2D eigenvalue weighted by molar-refractivity contribution is 6.06. The van der Waals surface area contributed by atoms with Crippen molar-refractivity contribution < 1.29 is 13.9 Å². The number of hydrogen-bond donors (Lipinski definition) is 2. The van der Waals surface area contributed by atoms with Gasteiger partial charge >= 0.3 is 0 Å². The molecule has 2 aliphatic heterocycles. The summed E-state index contributed by atoms with van der Waals surface area (Å²) in [6.45, 7) is 3.55. The standard InChI is InChI=1S/C27H27FN4O2/c28-19-3-1-15(2-4-19)25-20-9-18-13-30-32-23(18)11-21(20)27(31-26(25)16-5-7-33-8-6-16)34-24-10-17-12-29-14-22(17)24/h1-4,9,11,13,16-17,22,24,29H,5-8,10,12,14H2,(H,30,32). The molecule has 7 heteroatoms. The molecule has 3 unspecified atom stereocenters. The third-order valence-corrected chi connectivity index (χ3v) is 7.96. The third-order valence-electron chi connectivity index (χ3n) is 7.96. The molecule has 7 rings (SSSR count). The van der Waals surface area contributed by atoms with Gasteiger partial charge in [-0.05, 0) is 66.9 Å². The van der Waals surface area contributed by atoms with E-state index in [2.05, 4.69) is 27.6 Å². The van der Waals surface area contributed by atoms with Crippen molar-refractivity contribution in [2.24, 2.45) is 11.8 Å². The lowest BCUT2D eigenvalue weighted by atomic mass is 9.73. The molecule has 2 N–H and O–H groups in total. The molecular weight excluding hydrogens is 431 g/mol. The molecule has 1 aliphatic carbocycles. The number of hydrogen-bond acceptors (Lipinski definition) is 5. The molecule has 2 aromatic carbocycles. The molecule has 3 aliphatic rings. The van der Waals surface area contributed by atoms with Crippen LogP contribution in [0, 0.1) is 17.7 Å². The van der Waals surface area contributed by atoms with Gasteiger partial charge in [0, 0.05) is 47.9 Å². The molecule has 1 saturated carbocycles. The van der Waals surface area contributed by atoms with Gasteiger partial charge in [-0.1, -0.05) is 12.1 Å². The summed E-state index contributed by atoms with van der Waals surface area (Å²) in [5.74, 6) is 1.99. The highest BCUT2D eigenvalue weighted by Gasteiger charge is 2.46. The van der Waals surface area contributed by atoms with E-state index in [1.807, 2.05) is 18.3 Å². The predicted molar refractivity (Wildman–Crippen MR) is 128 cm³/mol. The van der Waals surface area contributed by atoms with Gasteiger partial charge < -0.3 is 14.8 Å². The summed E-state index contributed by atoms with van der Waals surface area (Å²) in [4.78, 5) is 5.22. The van der Waals surface area contributed by atoms with Crippen molar-refractivity contribution in [2.75, 3.05) is 26.3 Å². The molecule has 2 saturated heterocycles. The van der Waals surface area contributed by atoms with Crippen LogP contribution in [-0.4, -0.2) is 47.6 Å². The smallest absolute Gasteiger partial charge is 0.221 e. The average Bonchev–Trinajstić information content (AvgIpc) is 3.48. The van der Waals surface area contributed by atoms with E-state index in [9.17, 15) is 4.39 Å². The van der Waals surface area contributed by atoms with E-state index in [1.54, 1.807) is 0 Å². The normalized spacial score (nSPS) is 24.9. The number of benzene rings is 2. The topological polar surface area (TPSA) is 72.1 Å². The van der Waals surface area contributed by atoms with Gasteiger partial charge in [0.15, 0.2) is 0 Å². The second kappa shape index (κ2) is 8.03. The van der Waals surface area contributed by atoms with E-state index >= 15 is 0 Å². The fourth-order valence-electron chi connectivity index (χ4n) is 6.02. The molecule has 6 nitrogen and oxygen atoms in total. The zero-order valence-corrected chi connectivity index (χ0v) is 18.9. The van der Waals surface area contributed by atoms with Gasteiger partial charge in [0.2, 0.25) is 5.88 Å². The summed E-state index contributed by atoms with van der Waals surface area (Å²) >= 11 is 0. The summed E-state index contributed by atoms with van der Waals surface area (Å²) in [6, 6.07) is 11.0. The van der Waals surface area contributed by atoms with Crippen LogP contribution in [0.2, 0.25) is 0 Å². The lowest BCUT2D eigenvalue weighted by Gasteiger charge is -2.39. The van der Waals surface area contributed by atoms with E-state index in [0.717, 1.165) is 84.1 Å². The van der Waals surface area contributed by atoms with Crippen LogP contribution in [0.25, 0.3) is 32.8 Å².